The summed E-state index contributed by atoms with van der Waals surface area (Å²) in [7, 11) is -3.10. The average Bonchev–Trinajstić information content (AvgIpc) is 2.66. The second kappa shape index (κ2) is 5.98. The van der Waals surface area contributed by atoms with Crippen molar-refractivity contribution < 1.29 is 13.5 Å². The van der Waals surface area contributed by atoms with E-state index in [0.717, 1.165) is 12.8 Å². The van der Waals surface area contributed by atoms with E-state index in [0.29, 0.717) is 25.3 Å². The average molecular weight is 249 g/mol. The Balaban J connectivity index is 2.60. The molecule has 1 N–H and O–H groups in total. The maximum atomic E-state index is 12.1. The van der Waals surface area contributed by atoms with Gasteiger partial charge in [-0.05, 0) is 31.6 Å². The highest BCUT2D eigenvalue weighted by molar-refractivity contribution is 7.89. The highest BCUT2D eigenvalue weighted by Gasteiger charge is 2.35. The summed E-state index contributed by atoms with van der Waals surface area (Å²) in [5.74, 6) is 0.562. The molecular weight excluding hydrogens is 226 g/mol. The van der Waals surface area contributed by atoms with Crippen LogP contribution in [-0.4, -0.2) is 42.8 Å². The second-order valence-corrected chi connectivity index (χ2v) is 6.85. The van der Waals surface area contributed by atoms with Crippen molar-refractivity contribution in [3.05, 3.63) is 0 Å². The van der Waals surface area contributed by atoms with Crippen molar-refractivity contribution in [1.82, 2.24) is 4.31 Å². The Morgan fingerprint density at radius 2 is 2.06 bits per heavy atom. The summed E-state index contributed by atoms with van der Waals surface area (Å²) in [5.41, 5.74) is 0. The molecule has 0 aromatic heterocycles. The topological polar surface area (TPSA) is 57.6 Å². The van der Waals surface area contributed by atoms with Crippen molar-refractivity contribution >= 4 is 10.0 Å². The third kappa shape index (κ3) is 3.43. The van der Waals surface area contributed by atoms with Crippen LogP contribution in [0.5, 0.6) is 0 Å². The van der Waals surface area contributed by atoms with Gasteiger partial charge in [0.1, 0.15) is 0 Å². The van der Waals surface area contributed by atoms with Gasteiger partial charge in [0.25, 0.3) is 0 Å². The van der Waals surface area contributed by atoms with Crippen LogP contribution >= 0.6 is 0 Å². The number of nitrogens with zero attached hydrogens (tertiary/aromatic N) is 1. The van der Waals surface area contributed by atoms with E-state index in [1.54, 1.807) is 4.31 Å². The molecule has 1 aliphatic rings. The standard InChI is InChI=1S/C11H23NO3S/c1-10(2)11-6-5-7-12(11)16(14,15)9-4-3-8-13/h10-11,13H,3-9H2,1-2H3. The van der Waals surface area contributed by atoms with Crippen LogP contribution in [0.3, 0.4) is 0 Å². The summed E-state index contributed by atoms with van der Waals surface area (Å²) in [6, 6.07) is 0.180. The number of hydrogen-bond donors (Lipinski definition) is 1. The molecule has 5 heteroatoms. The summed E-state index contributed by atoms with van der Waals surface area (Å²) in [6.45, 7) is 4.89. The lowest BCUT2D eigenvalue weighted by atomic mass is 10.0. The largest absolute Gasteiger partial charge is 0.396 e. The van der Waals surface area contributed by atoms with E-state index < -0.39 is 10.0 Å². The minimum atomic E-state index is -3.10. The summed E-state index contributed by atoms with van der Waals surface area (Å²) in [4.78, 5) is 0. The van der Waals surface area contributed by atoms with Crippen LogP contribution in [0.2, 0.25) is 0 Å². The van der Waals surface area contributed by atoms with Crippen molar-refractivity contribution in [1.29, 1.82) is 0 Å². The van der Waals surface area contributed by atoms with Crippen molar-refractivity contribution in [2.45, 2.75) is 45.6 Å². The number of unbranched alkanes of at least 4 members (excludes halogenated alkanes) is 1. The molecule has 0 radical (unpaired) electrons. The zero-order valence-electron chi connectivity index (χ0n) is 10.2. The first kappa shape index (κ1) is 13.9. The van der Waals surface area contributed by atoms with Crippen LogP contribution in [0, 0.1) is 5.92 Å². The molecule has 1 heterocycles. The van der Waals surface area contributed by atoms with Gasteiger partial charge < -0.3 is 5.11 Å². The summed E-state index contributed by atoms with van der Waals surface area (Å²) >= 11 is 0. The zero-order valence-corrected chi connectivity index (χ0v) is 11.0. The predicted molar refractivity (Wildman–Crippen MR) is 64.7 cm³/mol. The van der Waals surface area contributed by atoms with E-state index in [2.05, 4.69) is 13.8 Å². The molecule has 1 unspecified atom stereocenters. The molecule has 0 amide bonds. The van der Waals surface area contributed by atoms with Crippen LogP contribution in [0.4, 0.5) is 0 Å². The number of rotatable bonds is 6. The lowest BCUT2D eigenvalue weighted by molar-refractivity contribution is 0.285. The number of aliphatic hydroxyl groups excluding tert-OH is 1. The number of sulfonamides is 1. The van der Waals surface area contributed by atoms with Gasteiger partial charge in [0.05, 0.1) is 5.75 Å². The van der Waals surface area contributed by atoms with E-state index in [1.807, 2.05) is 0 Å². The Morgan fingerprint density at radius 3 is 2.62 bits per heavy atom. The Morgan fingerprint density at radius 1 is 1.38 bits per heavy atom. The summed E-state index contributed by atoms with van der Waals surface area (Å²) in [6.07, 6.45) is 3.08. The summed E-state index contributed by atoms with van der Waals surface area (Å²) < 4.78 is 25.8. The normalized spacial score (nSPS) is 23.1. The molecule has 0 aliphatic carbocycles. The molecule has 0 bridgehead atoms. The molecule has 1 atom stereocenters. The minimum Gasteiger partial charge on any atom is -0.396 e. The quantitative estimate of drug-likeness (QED) is 0.720. The van der Waals surface area contributed by atoms with Crippen molar-refractivity contribution in [3.63, 3.8) is 0 Å². The maximum Gasteiger partial charge on any atom is 0.214 e. The van der Waals surface area contributed by atoms with Crippen molar-refractivity contribution in [2.75, 3.05) is 18.9 Å². The highest BCUT2D eigenvalue weighted by atomic mass is 32.2. The van der Waals surface area contributed by atoms with Gasteiger partial charge in [-0.2, -0.15) is 4.31 Å². The summed E-state index contributed by atoms with van der Waals surface area (Å²) in [5, 5.41) is 8.66. The van der Waals surface area contributed by atoms with Gasteiger partial charge >= 0.3 is 0 Å². The molecule has 1 rings (SSSR count). The van der Waals surface area contributed by atoms with Crippen LogP contribution in [0.25, 0.3) is 0 Å². The predicted octanol–water partition coefficient (Wildman–Crippen LogP) is 1.21. The molecule has 96 valence electrons. The second-order valence-electron chi connectivity index (χ2n) is 4.81. The van der Waals surface area contributed by atoms with Gasteiger partial charge in [0.15, 0.2) is 0 Å². The van der Waals surface area contributed by atoms with Crippen LogP contribution < -0.4 is 0 Å². The van der Waals surface area contributed by atoms with Gasteiger partial charge in [-0.25, -0.2) is 8.42 Å². The molecule has 0 aromatic carbocycles. The SMILES string of the molecule is CC(C)C1CCCN1S(=O)(=O)CCCCO. The van der Waals surface area contributed by atoms with E-state index in [-0.39, 0.29) is 18.4 Å². The van der Waals surface area contributed by atoms with Gasteiger partial charge in [-0.1, -0.05) is 13.8 Å². The fraction of sp³-hybridized carbons (Fsp3) is 1.00. The van der Waals surface area contributed by atoms with Crippen LogP contribution in [-0.2, 0) is 10.0 Å². The van der Waals surface area contributed by atoms with Crippen LogP contribution in [0.1, 0.15) is 39.5 Å². The molecule has 16 heavy (non-hydrogen) atoms. The lowest BCUT2D eigenvalue weighted by Gasteiger charge is -2.26. The number of aliphatic hydroxyl groups is 1. The van der Waals surface area contributed by atoms with Gasteiger partial charge in [0.2, 0.25) is 10.0 Å². The fourth-order valence-corrected chi connectivity index (χ4v) is 4.26. The Bertz CT molecular complexity index is 300. The van der Waals surface area contributed by atoms with E-state index in [4.69, 9.17) is 5.11 Å². The zero-order chi connectivity index (χ0) is 12.2. The van der Waals surface area contributed by atoms with Crippen molar-refractivity contribution in [3.8, 4) is 0 Å². The minimum absolute atomic E-state index is 0.0725. The molecule has 1 saturated heterocycles. The Hall–Kier alpha value is -0.130. The van der Waals surface area contributed by atoms with Gasteiger partial charge in [-0.15, -0.1) is 0 Å². The van der Waals surface area contributed by atoms with Gasteiger partial charge in [0, 0.05) is 19.2 Å². The monoisotopic (exact) mass is 249 g/mol. The maximum absolute atomic E-state index is 12.1. The Kier molecular flexibility index (Phi) is 5.21. The lowest BCUT2D eigenvalue weighted by Crippen LogP contribution is -2.39. The first-order valence-corrected chi connectivity index (χ1v) is 7.70. The molecule has 0 aromatic rings. The highest BCUT2D eigenvalue weighted by Crippen LogP contribution is 2.27. The third-order valence-electron chi connectivity index (χ3n) is 3.19. The molecule has 4 nitrogen and oxygen atoms in total. The third-order valence-corrected chi connectivity index (χ3v) is 5.16. The molecule has 0 spiro atoms. The first-order valence-electron chi connectivity index (χ1n) is 6.09. The molecule has 1 fully saturated rings. The Labute approximate surface area is 98.7 Å². The first-order chi connectivity index (χ1) is 7.49. The van der Waals surface area contributed by atoms with Crippen LogP contribution in [0.15, 0.2) is 0 Å². The van der Waals surface area contributed by atoms with Gasteiger partial charge in [-0.3, -0.25) is 0 Å². The van der Waals surface area contributed by atoms with E-state index in [1.165, 1.54) is 0 Å². The fourth-order valence-electron chi connectivity index (χ4n) is 2.29. The smallest absolute Gasteiger partial charge is 0.214 e. The van der Waals surface area contributed by atoms with E-state index >= 15 is 0 Å². The van der Waals surface area contributed by atoms with E-state index in [9.17, 15) is 8.42 Å². The molecular formula is C11H23NO3S. The number of hydrogen-bond acceptors (Lipinski definition) is 3. The molecule has 1 aliphatic heterocycles. The molecule has 0 saturated carbocycles. The van der Waals surface area contributed by atoms with Crippen molar-refractivity contribution in [2.24, 2.45) is 5.92 Å².